The fraction of sp³-hybridized carbons (Fsp3) is 0.357. The predicted molar refractivity (Wildman–Crippen MR) is 70.0 cm³/mol. The van der Waals surface area contributed by atoms with Gasteiger partial charge in [-0.05, 0) is 18.1 Å². The van der Waals surface area contributed by atoms with E-state index in [1.54, 1.807) is 0 Å². The Hall–Kier alpha value is -1.65. The van der Waals surface area contributed by atoms with E-state index in [1.807, 2.05) is 37.3 Å². The Morgan fingerprint density at radius 3 is 2.56 bits per heavy atom. The zero-order chi connectivity index (χ0) is 13.0. The van der Waals surface area contributed by atoms with E-state index < -0.39 is 0 Å². The lowest BCUT2D eigenvalue weighted by Gasteiger charge is -2.23. The first-order chi connectivity index (χ1) is 8.72. The second-order valence-electron chi connectivity index (χ2n) is 4.45. The van der Waals surface area contributed by atoms with Crippen molar-refractivity contribution in [3.05, 3.63) is 47.0 Å². The molecule has 1 aromatic carbocycles. The first kappa shape index (κ1) is 12.8. The van der Waals surface area contributed by atoms with Crippen LogP contribution in [0.4, 0.5) is 0 Å². The molecule has 18 heavy (non-hydrogen) atoms. The summed E-state index contributed by atoms with van der Waals surface area (Å²) in [4.78, 5) is 12.0. The van der Waals surface area contributed by atoms with Gasteiger partial charge in [-0.2, -0.15) is 0 Å². The van der Waals surface area contributed by atoms with Gasteiger partial charge in [-0.1, -0.05) is 30.3 Å². The number of aliphatic hydroxyl groups is 1. The summed E-state index contributed by atoms with van der Waals surface area (Å²) in [6, 6.07) is 9.15. The highest BCUT2D eigenvalue weighted by atomic mass is 16.3. The number of benzene rings is 1. The van der Waals surface area contributed by atoms with Crippen molar-refractivity contribution in [3.63, 3.8) is 0 Å². The van der Waals surface area contributed by atoms with Gasteiger partial charge in [0.05, 0.1) is 12.6 Å². The average Bonchev–Trinajstić information content (AvgIpc) is 2.34. The van der Waals surface area contributed by atoms with Gasteiger partial charge in [0.25, 0.3) is 0 Å². The molecule has 1 aromatic rings. The van der Waals surface area contributed by atoms with Crippen molar-refractivity contribution in [3.8, 4) is 0 Å². The average molecular weight is 246 g/mol. The smallest absolute Gasteiger partial charge is 0.247 e. The van der Waals surface area contributed by atoms with E-state index in [4.69, 9.17) is 0 Å². The van der Waals surface area contributed by atoms with E-state index in [2.05, 4.69) is 10.6 Å². The van der Waals surface area contributed by atoms with Crippen molar-refractivity contribution >= 4 is 5.91 Å². The molecule has 1 fully saturated rings. The van der Waals surface area contributed by atoms with Gasteiger partial charge in [0.2, 0.25) is 5.91 Å². The summed E-state index contributed by atoms with van der Waals surface area (Å²) >= 11 is 0. The normalized spacial score (nSPS) is 15.8. The van der Waals surface area contributed by atoms with Crippen LogP contribution < -0.4 is 10.6 Å². The number of hydrogen-bond acceptors (Lipinski definition) is 3. The maximum Gasteiger partial charge on any atom is 0.247 e. The van der Waals surface area contributed by atoms with Crippen LogP contribution >= 0.6 is 0 Å². The van der Waals surface area contributed by atoms with Crippen molar-refractivity contribution in [1.29, 1.82) is 0 Å². The van der Waals surface area contributed by atoms with Gasteiger partial charge in [0, 0.05) is 18.7 Å². The zero-order valence-corrected chi connectivity index (χ0v) is 10.4. The number of nitrogens with one attached hydrogen (secondary N) is 2. The van der Waals surface area contributed by atoms with Crippen LogP contribution in [0.15, 0.2) is 41.5 Å². The minimum atomic E-state index is -0.345. The highest BCUT2D eigenvalue weighted by Gasteiger charge is 2.19. The second kappa shape index (κ2) is 5.80. The van der Waals surface area contributed by atoms with Crippen molar-refractivity contribution < 1.29 is 9.90 Å². The van der Waals surface area contributed by atoms with Gasteiger partial charge in [-0.25, -0.2) is 0 Å². The van der Waals surface area contributed by atoms with Crippen molar-refractivity contribution in [2.24, 2.45) is 0 Å². The summed E-state index contributed by atoms with van der Waals surface area (Å²) in [6.07, 6.45) is 0. The number of amides is 1. The number of rotatable bonds is 4. The molecule has 1 aliphatic heterocycles. The Kier molecular flexibility index (Phi) is 4.12. The molecule has 0 bridgehead atoms. The Morgan fingerprint density at radius 1 is 1.39 bits per heavy atom. The molecule has 4 nitrogen and oxygen atoms in total. The lowest BCUT2D eigenvalue weighted by Crippen LogP contribution is -2.38. The van der Waals surface area contributed by atoms with E-state index in [-0.39, 0.29) is 18.6 Å². The molecule has 96 valence electrons. The largest absolute Gasteiger partial charge is 0.394 e. The molecule has 0 radical (unpaired) electrons. The predicted octanol–water partition coefficient (Wildman–Crippen LogP) is 0.756. The van der Waals surface area contributed by atoms with Crippen LogP contribution in [-0.4, -0.2) is 30.7 Å². The molecule has 0 aromatic heterocycles. The van der Waals surface area contributed by atoms with Crippen LogP contribution in [-0.2, 0) is 4.79 Å². The molecule has 0 spiro atoms. The quantitative estimate of drug-likeness (QED) is 0.687. The van der Waals surface area contributed by atoms with Gasteiger partial charge in [0.15, 0.2) is 0 Å². The Labute approximate surface area is 107 Å². The van der Waals surface area contributed by atoms with Gasteiger partial charge in [-0.15, -0.1) is 0 Å². The molecule has 0 aliphatic carbocycles. The Bertz CT molecular complexity index is 448. The minimum absolute atomic E-state index is 0.101. The molecule has 0 saturated carbocycles. The molecule has 1 aliphatic rings. The summed E-state index contributed by atoms with van der Waals surface area (Å²) in [6.45, 7) is 3.30. The monoisotopic (exact) mass is 246 g/mol. The SMILES string of the molecule is CC(C(=O)N[C@@H](CO)c1ccccc1)=C1CNC1. The van der Waals surface area contributed by atoms with E-state index in [0.717, 1.165) is 29.8 Å². The van der Waals surface area contributed by atoms with E-state index in [9.17, 15) is 9.90 Å². The van der Waals surface area contributed by atoms with Crippen molar-refractivity contribution in [2.75, 3.05) is 19.7 Å². The summed E-state index contributed by atoms with van der Waals surface area (Å²) in [5.74, 6) is -0.102. The number of aliphatic hydroxyl groups excluding tert-OH is 1. The third-order valence-corrected chi connectivity index (χ3v) is 3.24. The van der Waals surface area contributed by atoms with E-state index in [1.165, 1.54) is 0 Å². The lowest BCUT2D eigenvalue weighted by molar-refractivity contribution is -0.118. The molecule has 2 rings (SSSR count). The maximum absolute atomic E-state index is 12.0. The van der Waals surface area contributed by atoms with Crippen LogP contribution in [0.3, 0.4) is 0 Å². The van der Waals surface area contributed by atoms with E-state index >= 15 is 0 Å². The van der Waals surface area contributed by atoms with Crippen LogP contribution in [0.2, 0.25) is 0 Å². The van der Waals surface area contributed by atoms with Gasteiger partial charge < -0.3 is 15.7 Å². The zero-order valence-electron chi connectivity index (χ0n) is 10.4. The van der Waals surface area contributed by atoms with Crippen molar-refractivity contribution in [2.45, 2.75) is 13.0 Å². The molecular formula is C14H18N2O2. The summed E-state index contributed by atoms with van der Waals surface area (Å²) in [5, 5.41) is 15.3. The first-order valence-corrected chi connectivity index (χ1v) is 6.08. The molecule has 0 unspecified atom stereocenters. The van der Waals surface area contributed by atoms with Gasteiger partial charge >= 0.3 is 0 Å². The Morgan fingerprint density at radius 2 is 2.06 bits per heavy atom. The minimum Gasteiger partial charge on any atom is -0.394 e. The third kappa shape index (κ3) is 2.78. The topological polar surface area (TPSA) is 61.4 Å². The molecule has 1 atom stereocenters. The van der Waals surface area contributed by atoms with Crippen LogP contribution in [0.1, 0.15) is 18.5 Å². The summed E-state index contributed by atoms with van der Waals surface area (Å²) < 4.78 is 0. The number of carbonyl (C=O) groups excluding carboxylic acids is 1. The molecule has 1 amide bonds. The third-order valence-electron chi connectivity index (χ3n) is 3.24. The summed E-state index contributed by atoms with van der Waals surface area (Å²) in [5.41, 5.74) is 2.80. The first-order valence-electron chi connectivity index (χ1n) is 6.08. The molecule has 3 N–H and O–H groups in total. The standard InChI is InChI=1S/C14H18N2O2/c1-10(12-7-15-8-12)14(18)16-13(9-17)11-5-3-2-4-6-11/h2-6,13,15,17H,7-9H2,1H3,(H,16,18)/t13-/m0/s1. The fourth-order valence-corrected chi connectivity index (χ4v) is 1.86. The fourth-order valence-electron chi connectivity index (χ4n) is 1.86. The van der Waals surface area contributed by atoms with E-state index in [0.29, 0.717) is 0 Å². The Balaban J connectivity index is 2.05. The van der Waals surface area contributed by atoms with Crippen molar-refractivity contribution in [1.82, 2.24) is 10.6 Å². The second-order valence-corrected chi connectivity index (χ2v) is 4.45. The molecule has 4 heteroatoms. The lowest BCUT2D eigenvalue weighted by atomic mass is 10.0. The molecule has 1 saturated heterocycles. The van der Waals surface area contributed by atoms with Crippen LogP contribution in [0, 0.1) is 0 Å². The van der Waals surface area contributed by atoms with Gasteiger partial charge in [-0.3, -0.25) is 4.79 Å². The molecular weight excluding hydrogens is 228 g/mol. The maximum atomic E-state index is 12.0. The highest BCUT2D eigenvalue weighted by Crippen LogP contribution is 2.14. The summed E-state index contributed by atoms with van der Waals surface area (Å²) in [7, 11) is 0. The van der Waals surface area contributed by atoms with Gasteiger partial charge in [0.1, 0.15) is 0 Å². The van der Waals surface area contributed by atoms with Crippen LogP contribution in [0.25, 0.3) is 0 Å². The number of carbonyl (C=O) groups is 1. The number of hydrogen-bond donors (Lipinski definition) is 3. The molecule has 1 heterocycles. The van der Waals surface area contributed by atoms with Crippen LogP contribution in [0.5, 0.6) is 0 Å². The highest BCUT2D eigenvalue weighted by molar-refractivity contribution is 5.94.